The van der Waals surface area contributed by atoms with Gasteiger partial charge in [0, 0.05) is 22.3 Å². The lowest BCUT2D eigenvalue weighted by Crippen LogP contribution is -2.19. The minimum atomic E-state index is -0.239. The minimum absolute atomic E-state index is 0.107. The van der Waals surface area contributed by atoms with Gasteiger partial charge in [0.1, 0.15) is 23.0 Å². The van der Waals surface area contributed by atoms with Gasteiger partial charge in [0.05, 0.1) is 0 Å². The van der Waals surface area contributed by atoms with E-state index in [0.29, 0.717) is 0 Å². The van der Waals surface area contributed by atoms with Crippen LogP contribution in [0.3, 0.4) is 0 Å². The summed E-state index contributed by atoms with van der Waals surface area (Å²) in [5, 5.41) is 0. The first-order valence-corrected chi connectivity index (χ1v) is 21.1. The molecule has 0 amide bonds. The van der Waals surface area contributed by atoms with Gasteiger partial charge in [-0.05, 0) is 117 Å². The Morgan fingerprint density at radius 3 is 1.19 bits per heavy atom. The summed E-state index contributed by atoms with van der Waals surface area (Å²) in [6, 6.07) is 22.1. The monoisotopic (exact) mass is 762 g/mol. The van der Waals surface area contributed by atoms with E-state index in [-0.39, 0.29) is 39.7 Å². The molecule has 2 aliphatic carbocycles. The number of fused-ring (bicyclic) bond motifs is 2. The fourth-order valence-electron chi connectivity index (χ4n) is 7.02. The fraction of sp³-hybridized carbons (Fsp3) is 0.417. The van der Waals surface area contributed by atoms with Crippen molar-refractivity contribution in [3.05, 3.63) is 117 Å². The lowest BCUT2D eigenvalue weighted by molar-refractivity contribution is 0.485. The molecule has 0 aromatic heterocycles. The Balaban J connectivity index is 1.48. The van der Waals surface area contributed by atoms with Crippen molar-refractivity contribution < 1.29 is 18.1 Å². The van der Waals surface area contributed by atoms with E-state index < -0.39 is 0 Å². The molecule has 0 bridgehead atoms. The van der Waals surface area contributed by atoms with E-state index in [0.717, 1.165) is 70.9 Å². The van der Waals surface area contributed by atoms with E-state index in [1.807, 2.05) is 0 Å². The average molecular weight is 763 g/mol. The van der Waals surface area contributed by atoms with Crippen LogP contribution in [0.1, 0.15) is 140 Å². The molecule has 6 rings (SSSR count). The van der Waals surface area contributed by atoms with Crippen molar-refractivity contribution >= 4 is 30.2 Å². The second kappa shape index (κ2) is 15.5. The van der Waals surface area contributed by atoms with E-state index in [4.69, 9.17) is 18.1 Å². The highest BCUT2D eigenvalue weighted by atomic mass is 31.1. The summed E-state index contributed by atoms with van der Waals surface area (Å²) >= 11 is 0. The van der Waals surface area contributed by atoms with Crippen LogP contribution < -0.4 is 18.1 Å². The summed E-state index contributed by atoms with van der Waals surface area (Å²) in [6.45, 7) is 27.2. The zero-order chi connectivity index (χ0) is 39.1. The van der Waals surface area contributed by atoms with Gasteiger partial charge in [0.2, 0.25) is 0 Å². The normalized spacial score (nSPS) is 14.8. The molecular formula is C48H60O4P2. The lowest BCUT2D eigenvalue weighted by Gasteiger charge is -2.32. The molecule has 0 heterocycles. The number of hydrogen-bond donors (Lipinski definition) is 0. The van der Waals surface area contributed by atoms with E-state index in [2.05, 4.69) is 168 Å². The predicted octanol–water partition coefficient (Wildman–Crippen LogP) is 14.4. The Morgan fingerprint density at radius 1 is 0.444 bits per heavy atom. The lowest BCUT2D eigenvalue weighted by atomic mass is 9.75. The maximum atomic E-state index is 6.89. The Labute approximate surface area is 329 Å². The minimum Gasteiger partial charge on any atom is -0.441 e. The fourth-order valence-corrected chi connectivity index (χ4v) is 8.15. The highest BCUT2D eigenvalue weighted by Crippen LogP contribution is 2.51. The first kappa shape index (κ1) is 40.1. The molecular weight excluding hydrogens is 702 g/mol. The Morgan fingerprint density at radius 2 is 0.833 bits per heavy atom. The summed E-state index contributed by atoms with van der Waals surface area (Å²) in [7, 11) is -0.479. The summed E-state index contributed by atoms with van der Waals surface area (Å²) in [6.07, 6.45) is 13.1. The quantitative estimate of drug-likeness (QED) is 0.159. The van der Waals surface area contributed by atoms with Crippen molar-refractivity contribution in [1.82, 2.24) is 0 Å². The molecule has 0 N–H and O–H groups in total. The van der Waals surface area contributed by atoms with E-state index in [1.165, 1.54) is 33.4 Å². The summed E-state index contributed by atoms with van der Waals surface area (Å²) < 4.78 is 26.6. The third-order valence-electron chi connectivity index (χ3n) is 10.4. The van der Waals surface area contributed by atoms with Gasteiger partial charge >= 0.3 is 0 Å². The predicted molar refractivity (Wildman–Crippen MR) is 233 cm³/mol. The Kier molecular flexibility index (Phi) is 11.5. The number of rotatable bonds is 9. The van der Waals surface area contributed by atoms with Crippen molar-refractivity contribution in [2.45, 2.75) is 130 Å². The number of benzene rings is 4. The number of hydrogen-bond acceptors (Lipinski definition) is 4. The van der Waals surface area contributed by atoms with Crippen molar-refractivity contribution in [3.63, 3.8) is 0 Å². The second-order valence-corrected chi connectivity index (χ2v) is 20.1. The molecule has 54 heavy (non-hydrogen) atoms. The smallest absolute Gasteiger partial charge is 0.275 e. The van der Waals surface area contributed by atoms with Crippen LogP contribution in [0.15, 0.2) is 72.8 Å². The van der Waals surface area contributed by atoms with Crippen molar-refractivity contribution in [2.24, 2.45) is 0 Å². The number of aryl methyl sites for hydroxylation is 2. The van der Waals surface area contributed by atoms with Crippen LogP contribution in [-0.4, -0.2) is 0 Å². The maximum absolute atomic E-state index is 6.89. The van der Waals surface area contributed by atoms with Crippen LogP contribution in [0.2, 0.25) is 0 Å². The van der Waals surface area contributed by atoms with Gasteiger partial charge in [-0.1, -0.05) is 132 Å². The van der Waals surface area contributed by atoms with Gasteiger partial charge in [-0.15, -0.1) is 0 Å². The SMILES string of the molecule is CC(C)(C)c1cc(-c2cc(C(C)(C)C)cc(C(C)(C)C)c2OPOc2ccc3c(c2)C=CCC3)c(OPOc2ccc3c(c2)C=CCC3)c(C(C)(C)C)c1. The van der Waals surface area contributed by atoms with Crippen molar-refractivity contribution in [3.8, 4) is 34.1 Å². The largest absolute Gasteiger partial charge is 0.441 e. The van der Waals surface area contributed by atoms with Crippen molar-refractivity contribution in [1.29, 1.82) is 0 Å². The highest BCUT2D eigenvalue weighted by molar-refractivity contribution is 7.27. The summed E-state index contributed by atoms with van der Waals surface area (Å²) in [5.41, 5.74) is 11.3. The van der Waals surface area contributed by atoms with Crippen molar-refractivity contribution in [2.75, 3.05) is 0 Å². The molecule has 4 aromatic carbocycles. The molecule has 4 nitrogen and oxygen atoms in total. The van der Waals surface area contributed by atoms with Crippen LogP contribution >= 0.6 is 18.1 Å². The topological polar surface area (TPSA) is 36.9 Å². The summed E-state index contributed by atoms with van der Waals surface area (Å²) in [5.74, 6) is 3.28. The first-order valence-electron chi connectivity index (χ1n) is 19.4. The third kappa shape index (κ3) is 9.26. The standard InChI is InChI=1S/C48H60O4P2/c1-45(2,3)35-27-39(43(41(29-35)47(7,8)9)51-53-49-37-23-21-31-17-13-15-19-33(31)25-37)40-28-36(46(4,5)6)30-42(48(10,11)12)44(40)52-54-50-38-24-22-32-18-14-16-20-34(32)26-38/h15-16,19-30,53-54H,13-14,17-18H2,1-12H3. The van der Waals surface area contributed by atoms with Crippen LogP contribution in [0.25, 0.3) is 23.3 Å². The molecule has 6 heteroatoms. The maximum Gasteiger partial charge on any atom is 0.275 e. The highest BCUT2D eigenvalue weighted by Gasteiger charge is 2.32. The Bertz CT molecular complexity index is 1910. The molecule has 0 fully saturated rings. The Hall–Kier alpha value is -3.58. The zero-order valence-corrected chi connectivity index (χ0v) is 36.5. The molecule has 2 unspecified atom stereocenters. The van der Waals surface area contributed by atoms with Gasteiger partial charge in [-0.25, -0.2) is 0 Å². The zero-order valence-electron chi connectivity index (χ0n) is 34.5. The molecule has 2 atom stereocenters. The van der Waals surface area contributed by atoms with Gasteiger partial charge in [-0.2, -0.15) is 0 Å². The second-order valence-electron chi connectivity index (χ2n) is 19.0. The molecule has 0 radical (unpaired) electrons. The summed E-state index contributed by atoms with van der Waals surface area (Å²) in [4.78, 5) is 0. The third-order valence-corrected chi connectivity index (χ3v) is 11.6. The van der Waals surface area contributed by atoms with Crippen LogP contribution in [0.4, 0.5) is 0 Å². The molecule has 4 aromatic rings. The van der Waals surface area contributed by atoms with Crippen LogP contribution in [0, 0.1) is 0 Å². The van der Waals surface area contributed by atoms with Crippen LogP contribution in [0.5, 0.6) is 23.0 Å². The van der Waals surface area contributed by atoms with Gasteiger partial charge in [0.25, 0.3) is 18.1 Å². The average Bonchev–Trinajstić information content (AvgIpc) is 3.09. The number of allylic oxidation sites excluding steroid dienone is 2. The van der Waals surface area contributed by atoms with Gasteiger partial charge < -0.3 is 18.1 Å². The van der Waals surface area contributed by atoms with Gasteiger partial charge in [-0.3, -0.25) is 0 Å². The van der Waals surface area contributed by atoms with Gasteiger partial charge in [0.15, 0.2) is 0 Å². The van der Waals surface area contributed by atoms with E-state index in [1.54, 1.807) is 0 Å². The van der Waals surface area contributed by atoms with Crippen LogP contribution in [-0.2, 0) is 34.5 Å². The van der Waals surface area contributed by atoms with E-state index in [9.17, 15) is 0 Å². The molecule has 0 aliphatic heterocycles. The molecule has 0 saturated heterocycles. The first-order chi connectivity index (χ1) is 25.3. The molecule has 0 saturated carbocycles. The molecule has 0 spiro atoms. The molecule has 286 valence electrons. The van der Waals surface area contributed by atoms with E-state index >= 15 is 0 Å². The molecule has 2 aliphatic rings.